The Kier molecular flexibility index (Phi) is 5.26. The van der Waals surface area contributed by atoms with Crippen LogP contribution < -0.4 is 9.47 Å². The molecule has 0 unspecified atom stereocenters. The zero-order valence-corrected chi connectivity index (χ0v) is 14.0. The molecule has 21 heavy (non-hydrogen) atoms. The van der Waals surface area contributed by atoms with Gasteiger partial charge in [-0.05, 0) is 33.6 Å². The summed E-state index contributed by atoms with van der Waals surface area (Å²) < 4.78 is 11.1. The SMILES string of the molecule is COc1cc(Br)c(C(=O)Cc2ccccc2Cl)c(OC)c1. The van der Waals surface area contributed by atoms with E-state index in [2.05, 4.69) is 15.9 Å². The van der Waals surface area contributed by atoms with Crippen molar-refractivity contribution in [2.75, 3.05) is 14.2 Å². The highest BCUT2D eigenvalue weighted by Gasteiger charge is 2.19. The first-order chi connectivity index (χ1) is 10.1. The molecule has 0 fully saturated rings. The number of carbonyl (C=O) groups is 1. The normalized spacial score (nSPS) is 10.3. The van der Waals surface area contributed by atoms with E-state index >= 15 is 0 Å². The first-order valence-electron chi connectivity index (χ1n) is 6.25. The van der Waals surface area contributed by atoms with Crippen molar-refractivity contribution in [1.29, 1.82) is 0 Å². The van der Waals surface area contributed by atoms with Crippen molar-refractivity contribution >= 4 is 33.3 Å². The number of rotatable bonds is 5. The Morgan fingerprint density at radius 1 is 1.19 bits per heavy atom. The second kappa shape index (κ2) is 6.96. The molecule has 0 aliphatic heterocycles. The third kappa shape index (κ3) is 3.57. The molecule has 2 aromatic rings. The highest BCUT2D eigenvalue weighted by Crippen LogP contribution is 2.33. The van der Waals surface area contributed by atoms with E-state index in [0.717, 1.165) is 5.56 Å². The topological polar surface area (TPSA) is 35.5 Å². The van der Waals surface area contributed by atoms with E-state index in [-0.39, 0.29) is 12.2 Å². The van der Waals surface area contributed by atoms with Gasteiger partial charge in [0.15, 0.2) is 5.78 Å². The van der Waals surface area contributed by atoms with Crippen molar-refractivity contribution in [1.82, 2.24) is 0 Å². The molecule has 0 N–H and O–H groups in total. The summed E-state index contributed by atoms with van der Waals surface area (Å²) in [7, 11) is 3.08. The van der Waals surface area contributed by atoms with E-state index < -0.39 is 0 Å². The monoisotopic (exact) mass is 368 g/mol. The average molecular weight is 370 g/mol. The summed E-state index contributed by atoms with van der Waals surface area (Å²) in [6, 6.07) is 10.7. The Hall–Kier alpha value is -1.52. The molecule has 0 bridgehead atoms. The molecule has 2 aromatic carbocycles. The summed E-state index contributed by atoms with van der Waals surface area (Å²) >= 11 is 9.50. The first-order valence-corrected chi connectivity index (χ1v) is 7.42. The third-order valence-corrected chi connectivity index (χ3v) is 4.07. The Balaban J connectivity index is 2.37. The highest BCUT2D eigenvalue weighted by atomic mass is 79.9. The molecule has 0 saturated carbocycles. The number of methoxy groups -OCH3 is 2. The van der Waals surface area contributed by atoms with Gasteiger partial charge in [0.2, 0.25) is 0 Å². The number of benzene rings is 2. The molecule has 0 aliphatic rings. The minimum atomic E-state index is -0.0746. The van der Waals surface area contributed by atoms with Crippen LogP contribution in [0, 0.1) is 0 Å². The zero-order valence-electron chi connectivity index (χ0n) is 11.7. The number of halogens is 2. The van der Waals surface area contributed by atoms with Gasteiger partial charge in [-0.3, -0.25) is 4.79 Å². The Morgan fingerprint density at radius 3 is 2.52 bits per heavy atom. The zero-order chi connectivity index (χ0) is 15.4. The van der Waals surface area contributed by atoms with E-state index in [9.17, 15) is 4.79 Å². The summed E-state index contributed by atoms with van der Waals surface area (Å²) in [6.45, 7) is 0. The van der Waals surface area contributed by atoms with Gasteiger partial charge >= 0.3 is 0 Å². The number of hydrogen-bond acceptors (Lipinski definition) is 3. The summed E-state index contributed by atoms with van der Waals surface area (Å²) in [5.74, 6) is 1.01. The number of ketones is 1. The van der Waals surface area contributed by atoms with Crippen molar-refractivity contribution in [3.05, 3.63) is 57.0 Å². The predicted octanol–water partition coefficient (Wildman–Crippen LogP) is 4.55. The average Bonchev–Trinajstić information content (AvgIpc) is 2.48. The molecule has 0 heterocycles. The minimum Gasteiger partial charge on any atom is -0.497 e. The molecule has 0 saturated heterocycles. The molecule has 3 nitrogen and oxygen atoms in total. The van der Waals surface area contributed by atoms with Gasteiger partial charge in [-0.1, -0.05) is 29.8 Å². The maximum absolute atomic E-state index is 12.6. The largest absolute Gasteiger partial charge is 0.497 e. The minimum absolute atomic E-state index is 0.0746. The number of Topliss-reactive ketones (excluding diaryl/α,β-unsaturated/α-hetero) is 1. The van der Waals surface area contributed by atoms with E-state index in [1.54, 1.807) is 25.3 Å². The lowest BCUT2D eigenvalue weighted by Gasteiger charge is -2.12. The van der Waals surface area contributed by atoms with Crippen LogP contribution in [0.15, 0.2) is 40.9 Å². The van der Waals surface area contributed by atoms with Gasteiger partial charge in [-0.15, -0.1) is 0 Å². The fourth-order valence-corrected chi connectivity index (χ4v) is 2.86. The number of hydrogen-bond donors (Lipinski definition) is 0. The molecular formula is C16H14BrClO3. The van der Waals surface area contributed by atoms with Gasteiger partial charge in [0, 0.05) is 22.0 Å². The summed E-state index contributed by atoms with van der Waals surface area (Å²) in [5, 5.41) is 0.578. The van der Waals surface area contributed by atoms with Crippen LogP contribution in [0.25, 0.3) is 0 Å². The van der Waals surface area contributed by atoms with Gasteiger partial charge in [0.25, 0.3) is 0 Å². The van der Waals surface area contributed by atoms with Crippen LogP contribution in [0.3, 0.4) is 0 Å². The second-order valence-electron chi connectivity index (χ2n) is 4.38. The Bertz CT molecular complexity index is 671. The fourth-order valence-electron chi connectivity index (χ4n) is 2.01. The Labute approximate surface area is 137 Å². The van der Waals surface area contributed by atoms with Crippen molar-refractivity contribution in [3.8, 4) is 11.5 Å². The first kappa shape index (κ1) is 15.9. The van der Waals surface area contributed by atoms with Crippen molar-refractivity contribution in [2.45, 2.75) is 6.42 Å². The predicted molar refractivity (Wildman–Crippen MR) is 86.7 cm³/mol. The molecular weight excluding hydrogens is 356 g/mol. The molecule has 2 rings (SSSR count). The summed E-state index contributed by atoms with van der Waals surface area (Å²) in [4.78, 5) is 12.6. The van der Waals surface area contributed by atoms with Gasteiger partial charge in [0.05, 0.1) is 19.8 Å². The molecule has 110 valence electrons. The van der Waals surface area contributed by atoms with Gasteiger partial charge in [-0.25, -0.2) is 0 Å². The molecule has 0 amide bonds. The van der Waals surface area contributed by atoms with E-state index in [1.165, 1.54) is 7.11 Å². The van der Waals surface area contributed by atoms with Crippen LogP contribution in [0.4, 0.5) is 0 Å². The standard InChI is InChI=1S/C16H14BrClO3/c1-20-11-8-12(17)16(15(9-11)21-2)14(19)7-10-5-3-4-6-13(10)18/h3-6,8-9H,7H2,1-2H3. The maximum atomic E-state index is 12.6. The van der Waals surface area contributed by atoms with Crippen LogP contribution in [-0.2, 0) is 6.42 Å². The third-order valence-electron chi connectivity index (χ3n) is 3.07. The van der Waals surface area contributed by atoms with E-state index in [1.807, 2.05) is 18.2 Å². The molecule has 0 atom stereocenters. The van der Waals surface area contributed by atoms with Crippen molar-refractivity contribution < 1.29 is 14.3 Å². The van der Waals surface area contributed by atoms with Gasteiger partial charge in [-0.2, -0.15) is 0 Å². The van der Waals surface area contributed by atoms with Crippen molar-refractivity contribution in [3.63, 3.8) is 0 Å². The van der Waals surface area contributed by atoms with Gasteiger partial charge < -0.3 is 9.47 Å². The van der Waals surface area contributed by atoms with Crippen LogP contribution in [0.2, 0.25) is 5.02 Å². The van der Waals surface area contributed by atoms with Crippen LogP contribution in [-0.4, -0.2) is 20.0 Å². The maximum Gasteiger partial charge on any atom is 0.172 e. The molecule has 5 heteroatoms. The van der Waals surface area contributed by atoms with E-state index in [4.69, 9.17) is 21.1 Å². The smallest absolute Gasteiger partial charge is 0.172 e. The molecule has 0 radical (unpaired) electrons. The molecule has 0 aromatic heterocycles. The van der Waals surface area contributed by atoms with E-state index in [0.29, 0.717) is 26.6 Å². The number of carbonyl (C=O) groups excluding carboxylic acids is 1. The summed E-state index contributed by atoms with van der Waals surface area (Å²) in [5.41, 5.74) is 1.27. The lowest BCUT2D eigenvalue weighted by molar-refractivity contribution is 0.0989. The van der Waals surface area contributed by atoms with Crippen molar-refractivity contribution in [2.24, 2.45) is 0 Å². The lowest BCUT2D eigenvalue weighted by Crippen LogP contribution is -2.07. The van der Waals surface area contributed by atoms with Gasteiger partial charge in [0.1, 0.15) is 11.5 Å². The molecule has 0 spiro atoms. The van der Waals surface area contributed by atoms with Crippen LogP contribution in [0.1, 0.15) is 15.9 Å². The molecule has 0 aliphatic carbocycles. The second-order valence-corrected chi connectivity index (χ2v) is 5.64. The van der Waals surface area contributed by atoms with Crippen LogP contribution >= 0.6 is 27.5 Å². The summed E-state index contributed by atoms with van der Waals surface area (Å²) in [6.07, 6.45) is 0.209. The lowest BCUT2D eigenvalue weighted by atomic mass is 10.0. The quantitative estimate of drug-likeness (QED) is 0.726. The highest BCUT2D eigenvalue weighted by molar-refractivity contribution is 9.10. The number of ether oxygens (including phenoxy) is 2. The Morgan fingerprint density at radius 2 is 1.90 bits per heavy atom. The fraction of sp³-hybridized carbons (Fsp3) is 0.188. The van der Waals surface area contributed by atoms with Crippen LogP contribution in [0.5, 0.6) is 11.5 Å².